The van der Waals surface area contributed by atoms with E-state index in [-0.39, 0.29) is 24.8 Å². The van der Waals surface area contributed by atoms with Crippen LogP contribution in [-0.4, -0.2) is 57.7 Å². The minimum Gasteiger partial charge on any atom is -0.383 e. The first kappa shape index (κ1) is 26.3. The van der Waals surface area contributed by atoms with E-state index in [0.29, 0.717) is 49.7 Å². The van der Waals surface area contributed by atoms with Crippen molar-refractivity contribution in [2.75, 3.05) is 26.8 Å². The molecular weight excluding hydrogens is 428 g/mol. The van der Waals surface area contributed by atoms with Gasteiger partial charge in [0.25, 0.3) is 5.56 Å². The van der Waals surface area contributed by atoms with Crippen molar-refractivity contribution in [3.05, 3.63) is 26.7 Å². The Bertz CT molecular complexity index is 1040. The molecule has 2 amide bonds. The molecule has 11 heteroatoms. The number of fused-ring (bicyclic) bond motifs is 1. The fourth-order valence-electron chi connectivity index (χ4n) is 3.54. The standard InChI is InChI=1S/C22H36N6O5/c1-4-6-8-13-27-16(9-10-17(29)24-15-18(30)23-11-14-33-3)25-20-19(27)21(31)26-22(32)28(20)12-7-5-2/h4-15H2,1-3H3,(H,23,30)(H,24,29)(H,26,31,32). The van der Waals surface area contributed by atoms with Crippen molar-refractivity contribution >= 4 is 23.0 Å². The summed E-state index contributed by atoms with van der Waals surface area (Å²) < 4.78 is 8.20. The van der Waals surface area contributed by atoms with E-state index in [1.165, 1.54) is 4.57 Å². The molecule has 2 aromatic rings. The molecule has 0 radical (unpaired) electrons. The summed E-state index contributed by atoms with van der Waals surface area (Å²) in [6, 6.07) is 0. The molecular formula is C22H36N6O5. The number of ether oxygens (including phenoxy) is 1. The Morgan fingerprint density at radius 1 is 1.00 bits per heavy atom. The number of nitrogens with zero attached hydrogens (tertiary/aromatic N) is 3. The van der Waals surface area contributed by atoms with E-state index in [0.717, 1.165) is 32.1 Å². The minimum atomic E-state index is -0.470. The lowest BCUT2D eigenvalue weighted by atomic mass is 10.2. The Hall–Kier alpha value is -2.95. The predicted octanol–water partition coefficient (Wildman–Crippen LogP) is 0.688. The summed E-state index contributed by atoms with van der Waals surface area (Å²) in [5.41, 5.74) is -0.200. The van der Waals surface area contributed by atoms with E-state index in [1.54, 1.807) is 7.11 Å². The van der Waals surface area contributed by atoms with Crippen molar-refractivity contribution in [1.29, 1.82) is 0 Å². The monoisotopic (exact) mass is 464 g/mol. The third-order valence-corrected chi connectivity index (χ3v) is 5.34. The molecule has 2 rings (SSSR count). The smallest absolute Gasteiger partial charge is 0.330 e. The van der Waals surface area contributed by atoms with Gasteiger partial charge < -0.3 is 19.9 Å². The van der Waals surface area contributed by atoms with Crippen LogP contribution < -0.4 is 21.9 Å². The number of unbranched alkanes of at least 4 members (excludes halogenated alkanes) is 3. The van der Waals surface area contributed by atoms with E-state index in [9.17, 15) is 19.2 Å². The zero-order chi connectivity index (χ0) is 24.2. The van der Waals surface area contributed by atoms with Gasteiger partial charge in [-0.1, -0.05) is 33.1 Å². The molecule has 0 aromatic carbocycles. The van der Waals surface area contributed by atoms with Crippen molar-refractivity contribution in [2.45, 2.75) is 71.9 Å². The Morgan fingerprint density at radius 3 is 2.42 bits per heavy atom. The number of carbonyl (C=O) groups excluding carboxylic acids is 2. The molecule has 0 aliphatic carbocycles. The first-order valence-electron chi connectivity index (χ1n) is 11.7. The summed E-state index contributed by atoms with van der Waals surface area (Å²) in [7, 11) is 1.54. The minimum absolute atomic E-state index is 0.111. The Labute approximate surface area is 192 Å². The Kier molecular flexibility index (Phi) is 10.8. The van der Waals surface area contributed by atoms with Crippen molar-refractivity contribution in [1.82, 2.24) is 29.7 Å². The van der Waals surface area contributed by atoms with Gasteiger partial charge in [0.15, 0.2) is 11.2 Å². The van der Waals surface area contributed by atoms with Crippen LogP contribution in [0.1, 0.15) is 58.2 Å². The normalized spacial score (nSPS) is 11.1. The average Bonchev–Trinajstić information content (AvgIpc) is 3.15. The second kappa shape index (κ2) is 13.6. The highest BCUT2D eigenvalue weighted by Gasteiger charge is 2.19. The number of rotatable bonds is 15. The lowest BCUT2D eigenvalue weighted by molar-refractivity contribution is -0.126. The number of H-pyrrole nitrogens is 1. The highest BCUT2D eigenvalue weighted by molar-refractivity contribution is 5.84. The fourth-order valence-corrected chi connectivity index (χ4v) is 3.54. The molecule has 2 heterocycles. The van der Waals surface area contributed by atoms with Crippen molar-refractivity contribution in [3.63, 3.8) is 0 Å². The highest BCUT2D eigenvalue weighted by atomic mass is 16.5. The molecule has 2 aromatic heterocycles. The lowest BCUT2D eigenvalue weighted by Crippen LogP contribution is -2.38. The highest BCUT2D eigenvalue weighted by Crippen LogP contribution is 2.15. The Balaban J connectivity index is 2.19. The summed E-state index contributed by atoms with van der Waals surface area (Å²) >= 11 is 0. The number of nitrogens with one attached hydrogen (secondary N) is 3. The molecule has 184 valence electrons. The number of aryl methyl sites for hydroxylation is 3. The number of hydrogen-bond acceptors (Lipinski definition) is 6. The molecule has 0 aliphatic rings. The first-order chi connectivity index (χ1) is 15.9. The lowest BCUT2D eigenvalue weighted by Gasteiger charge is -2.09. The topological polar surface area (TPSA) is 140 Å². The molecule has 11 nitrogen and oxygen atoms in total. The Morgan fingerprint density at radius 2 is 1.73 bits per heavy atom. The summed E-state index contributed by atoms with van der Waals surface area (Å²) in [5, 5.41) is 5.23. The number of methoxy groups -OCH3 is 1. The molecule has 3 N–H and O–H groups in total. The van der Waals surface area contributed by atoms with Gasteiger partial charge in [-0.25, -0.2) is 9.78 Å². The van der Waals surface area contributed by atoms with Gasteiger partial charge in [-0.3, -0.25) is 23.9 Å². The average molecular weight is 465 g/mol. The maximum absolute atomic E-state index is 12.7. The second-order valence-corrected chi connectivity index (χ2v) is 7.94. The van der Waals surface area contributed by atoms with Gasteiger partial charge in [0, 0.05) is 39.6 Å². The molecule has 0 unspecified atom stereocenters. The third-order valence-electron chi connectivity index (χ3n) is 5.34. The number of aromatic nitrogens is 4. The van der Waals surface area contributed by atoms with Gasteiger partial charge in [-0.05, 0) is 12.8 Å². The van der Waals surface area contributed by atoms with Crippen molar-refractivity contribution < 1.29 is 14.3 Å². The number of carbonyl (C=O) groups is 2. The number of hydrogen-bond donors (Lipinski definition) is 3. The van der Waals surface area contributed by atoms with Crippen LogP contribution in [0, 0.1) is 0 Å². The molecule has 0 fully saturated rings. The van der Waals surface area contributed by atoms with Gasteiger partial charge in [0.2, 0.25) is 11.8 Å². The van der Waals surface area contributed by atoms with Crippen LogP contribution in [-0.2, 0) is 33.8 Å². The van der Waals surface area contributed by atoms with Gasteiger partial charge >= 0.3 is 5.69 Å². The van der Waals surface area contributed by atoms with Crippen LogP contribution in [0.5, 0.6) is 0 Å². The number of aromatic amines is 1. The van der Waals surface area contributed by atoms with E-state index in [2.05, 4.69) is 27.5 Å². The summed E-state index contributed by atoms with van der Waals surface area (Å²) in [4.78, 5) is 56.1. The SMILES string of the molecule is CCCCCn1c(CCC(=O)NCC(=O)NCCOC)nc2c1c(=O)[nH]c(=O)n2CCCC. The summed E-state index contributed by atoms with van der Waals surface area (Å²) in [6.07, 6.45) is 4.96. The fraction of sp³-hybridized carbons (Fsp3) is 0.682. The van der Waals surface area contributed by atoms with E-state index >= 15 is 0 Å². The molecule has 0 saturated heterocycles. The zero-order valence-corrected chi connectivity index (χ0v) is 19.9. The molecule has 0 atom stereocenters. The van der Waals surface area contributed by atoms with Crippen LogP contribution in [0.25, 0.3) is 11.2 Å². The van der Waals surface area contributed by atoms with Crippen LogP contribution in [0.3, 0.4) is 0 Å². The molecule has 33 heavy (non-hydrogen) atoms. The van der Waals surface area contributed by atoms with Gasteiger partial charge in [0.05, 0.1) is 13.2 Å². The van der Waals surface area contributed by atoms with Crippen molar-refractivity contribution in [3.8, 4) is 0 Å². The van der Waals surface area contributed by atoms with Crippen LogP contribution in [0.4, 0.5) is 0 Å². The molecule has 0 aliphatic heterocycles. The largest absolute Gasteiger partial charge is 0.383 e. The molecule has 0 spiro atoms. The van der Waals surface area contributed by atoms with E-state index in [4.69, 9.17) is 4.74 Å². The summed E-state index contributed by atoms with van der Waals surface area (Å²) in [6.45, 7) is 5.82. The number of amides is 2. The van der Waals surface area contributed by atoms with Crippen LogP contribution in [0.15, 0.2) is 9.59 Å². The second-order valence-electron chi connectivity index (χ2n) is 7.94. The third kappa shape index (κ3) is 7.55. The molecule has 0 saturated carbocycles. The molecule has 0 bridgehead atoms. The van der Waals surface area contributed by atoms with Crippen LogP contribution >= 0.6 is 0 Å². The quantitative estimate of drug-likeness (QED) is 0.331. The van der Waals surface area contributed by atoms with E-state index in [1.807, 2.05) is 11.5 Å². The van der Waals surface area contributed by atoms with Crippen LogP contribution in [0.2, 0.25) is 0 Å². The predicted molar refractivity (Wildman–Crippen MR) is 125 cm³/mol. The van der Waals surface area contributed by atoms with Crippen molar-refractivity contribution in [2.24, 2.45) is 0 Å². The van der Waals surface area contributed by atoms with Gasteiger partial charge in [-0.15, -0.1) is 0 Å². The summed E-state index contributed by atoms with van der Waals surface area (Å²) in [5.74, 6) is 0.00201. The van der Waals surface area contributed by atoms with Gasteiger partial charge in [-0.2, -0.15) is 0 Å². The maximum atomic E-state index is 12.7. The van der Waals surface area contributed by atoms with E-state index < -0.39 is 11.2 Å². The maximum Gasteiger partial charge on any atom is 0.330 e. The first-order valence-corrected chi connectivity index (χ1v) is 11.7. The zero-order valence-electron chi connectivity index (χ0n) is 19.9. The van der Waals surface area contributed by atoms with Gasteiger partial charge in [0.1, 0.15) is 5.82 Å². The number of imidazole rings is 1.